The molecule has 1 N–H and O–H groups in total. The second kappa shape index (κ2) is 4.10. The monoisotopic (exact) mass is 261 g/mol. The molecule has 0 atom stereocenters. The Morgan fingerprint density at radius 3 is 2.24 bits per heavy atom. The van der Waals surface area contributed by atoms with Crippen molar-refractivity contribution in [1.82, 2.24) is 4.98 Å². The average molecular weight is 262 g/mol. The van der Waals surface area contributed by atoms with E-state index in [1.54, 1.807) is 0 Å². The fraction of sp³-hybridized carbons (Fsp3) is 0. The summed E-state index contributed by atoms with van der Waals surface area (Å²) in [6.45, 7) is 0. The predicted octanol–water partition coefficient (Wildman–Crippen LogP) is 5.14. The van der Waals surface area contributed by atoms with Crippen molar-refractivity contribution in [2.24, 2.45) is 0 Å². The molecule has 0 saturated carbocycles. The van der Waals surface area contributed by atoms with Crippen LogP contribution in [0.4, 0.5) is 0 Å². The Kier molecular flexibility index (Phi) is 2.58. The van der Waals surface area contributed by atoms with Gasteiger partial charge in [-0.25, -0.2) is 0 Å². The van der Waals surface area contributed by atoms with Crippen LogP contribution in [0.3, 0.4) is 0 Å². The molecule has 3 rings (SSSR count). The number of H-pyrrole nitrogens is 1. The topological polar surface area (TPSA) is 15.8 Å². The standard InChI is InChI=1S/C14H9Cl2N/c15-11-4-1-9(2-5-11)13-7-10-3-6-12(16)8-14(10)17-13/h1-8,17H. The fourth-order valence-electron chi connectivity index (χ4n) is 1.88. The number of hydrogen-bond acceptors (Lipinski definition) is 0. The van der Waals surface area contributed by atoms with Crippen LogP contribution in [-0.2, 0) is 0 Å². The third-order valence-electron chi connectivity index (χ3n) is 2.74. The summed E-state index contributed by atoms with van der Waals surface area (Å²) in [7, 11) is 0. The highest BCUT2D eigenvalue weighted by atomic mass is 35.5. The quantitative estimate of drug-likeness (QED) is 0.624. The molecule has 84 valence electrons. The van der Waals surface area contributed by atoms with E-state index in [0.717, 1.165) is 32.2 Å². The normalized spacial score (nSPS) is 10.9. The molecule has 2 aromatic carbocycles. The van der Waals surface area contributed by atoms with E-state index in [9.17, 15) is 0 Å². The number of aromatic nitrogens is 1. The lowest BCUT2D eigenvalue weighted by Crippen LogP contribution is -1.75. The molecule has 0 aliphatic carbocycles. The first-order chi connectivity index (χ1) is 8.22. The van der Waals surface area contributed by atoms with Crippen molar-refractivity contribution >= 4 is 34.1 Å². The van der Waals surface area contributed by atoms with Crippen molar-refractivity contribution in [2.75, 3.05) is 0 Å². The van der Waals surface area contributed by atoms with Gasteiger partial charge >= 0.3 is 0 Å². The van der Waals surface area contributed by atoms with E-state index >= 15 is 0 Å². The summed E-state index contributed by atoms with van der Waals surface area (Å²) in [6, 6.07) is 15.7. The fourth-order valence-corrected chi connectivity index (χ4v) is 2.18. The lowest BCUT2D eigenvalue weighted by Gasteiger charge is -1.97. The summed E-state index contributed by atoms with van der Waals surface area (Å²) in [5, 5.41) is 2.63. The zero-order valence-electron chi connectivity index (χ0n) is 8.87. The minimum Gasteiger partial charge on any atom is -0.354 e. The highest BCUT2D eigenvalue weighted by Gasteiger charge is 2.03. The van der Waals surface area contributed by atoms with Crippen LogP contribution in [0, 0.1) is 0 Å². The molecule has 0 radical (unpaired) electrons. The molecule has 1 nitrogen and oxygen atoms in total. The van der Waals surface area contributed by atoms with Gasteiger partial charge in [-0.15, -0.1) is 0 Å². The number of aromatic amines is 1. The van der Waals surface area contributed by atoms with Gasteiger partial charge in [0.1, 0.15) is 0 Å². The van der Waals surface area contributed by atoms with Crippen LogP contribution in [0.15, 0.2) is 48.5 Å². The molecule has 0 saturated heterocycles. The third kappa shape index (κ3) is 2.04. The van der Waals surface area contributed by atoms with Crippen molar-refractivity contribution in [3.63, 3.8) is 0 Å². The van der Waals surface area contributed by atoms with Gasteiger partial charge in [0.25, 0.3) is 0 Å². The summed E-state index contributed by atoms with van der Waals surface area (Å²) < 4.78 is 0. The average Bonchev–Trinajstić information content (AvgIpc) is 2.72. The zero-order chi connectivity index (χ0) is 11.8. The van der Waals surface area contributed by atoms with Crippen molar-refractivity contribution in [1.29, 1.82) is 0 Å². The summed E-state index contributed by atoms with van der Waals surface area (Å²) in [6.07, 6.45) is 0. The molecule has 3 aromatic rings. The number of fused-ring (bicyclic) bond motifs is 1. The van der Waals surface area contributed by atoms with Gasteiger partial charge in [0.15, 0.2) is 0 Å². The van der Waals surface area contributed by atoms with Crippen LogP contribution in [0.5, 0.6) is 0 Å². The van der Waals surface area contributed by atoms with E-state index < -0.39 is 0 Å². The first-order valence-electron chi connectivity index (χ1n) is 5.26. The van der Waals surface area contributed by atoms with Crippen LogP contribution in [0.2, 0.25) is 10.0 Å². The second-order valence-corrected chi connectivity index (χ2v) is 4.79. The molecule has 0 aliphatic heterocycles. The number of nitrogens with one attached hydrogen (secondary N) is 1. The first kappa shape index (κ1) is 10.7. The minimum absolute atomic E-state index is 0.738. The maximum atomic E-state index is 5.96. The van der Waals surface area contributed by atoms with Gasteiger partial charge in [-0.2, -0.15) is 0 Å². The Hall–Kier alpha value is -1.44. The van der Waals surface area contributed by atoms with Crippen molar-refractivity contribution in [2.45, 2.75) is 0 Å². The smallest absolute Gasteiger partial charge is 0.0473 e. The molecule has 0 spiro atoms. The molecule has 0 aliphatic rings. The van der Waals surface area contributed by atoms with Crippen LogP contribution < -0.4 is 0 Å². The highest BCUT2D eigenvalue weighted by Crippen LogP contribution is 2.26. The van der Waals surface area contributed by atoms with Gasteiger partial charge in [0.2, 0.25) is 0 Å². The van der Waals surface area contributed by atoms with Gasteiger partial charge in [-0.05, 0) is 35.9 Å². The molecule has 0 bridgehead atoms. The molecule has 0 unspecified atom stereocenters. The van der Waals surface area contributed by atoms with Gasteiger partial charge in [-0.1, -0.05) is 41.4 Å². The third-order valence-corrected chi connectivity index (χ3v) is 3.23. The zero-order valence-corrected chi connectivity index (χ0v) is 10.4. The van der Waals surface area contributed by atoms with Crippen molar-refractivity contribution in [3.05, 3.63) is 58.6 Å². The number of halogens is 2. The summed E-state index contributed by atoms with van der Waals surface area (Å²) >= 11 is 11.8. The van der Waals surface area contributed by atoms with Crippen molar-refractivity contribution in [3.8, 4) is 11.3 Å². The van der Waals surface area contributed by atoms with E-state index in [2.05, 4.69) is 11.1 Å². The first-order valence-corrected chi connectivity index (χ1v) is 6.02. The number of rotatable bonds is 1. The summed E-state index contributed by atoms with van der Waals surface area (Å²) in [5.41, 5.74) is 3.23. The second-order valence-electron chi connectivity index (χ2n) is 3.92. The van der Waals surface area contributed by atoms with E-state index in [1.165, 1.54) is 0 Å². The van der Waals surface area contributed by atoms with Gasteiger partial charge in [0, 0.05) is 26.6 Å². The lowest BCUT2D eigenvalue weighted by molar-refractivity contribution is 1.45. The van der Waals surface area contributed by atoms with Crippen molar-refractivity contribution < 1.29 is 0 Å². The highest BCUT2D eigenvalue weighted by molar-refractivity contribution is 6.31. The molecule has 1 heterocycles. The summed E-state index contributed by atoms with van der Waals surface area (Å²) in [4.78, 5) is 3.34. The predicted molar refractivity (Wildman–Crippen MR) is 73.8 cm³/mol. The minimum atomic E-state index is 0.738. The SMILES string of the molecule is Clc1ccc(-c2cc3ccc(Cl)cc3[nH]2)cc1. The molecule has 1 aromatic heterocycles. The number of hydrogen-bond donors (Lipinski definition) is 1. The molecule has 17 heavy (non-hydrogen) atoms. The largest absolute Gasteiger partial charge is 0.354 e. The number of benzene rings is 2. The molecule has 0 fully saturated rings. The Balaban J connectivity index is 2.14. The maximum Gasteiger partial charge on any atom is 0.0473 e. The van der Waals surface area contributed by atoms with Crippen LogP contribution >= 0.6 is 23.2 Å². The van der Waals surface area contributed by atoms with Crippen LogP contribution in [0.25, 0.3) is 22.2 Å². The van der Waals surface area contributed by atoms with E-state index in [0.29, 0.717) is 0 Å². The Morgan fingerprint density at radius 2 is 1.47 bits per heavy atom. The summed E-state index contributed by atoms with van der Waals surface area (Å²) in [5.74, 6) is 0. The Morgan fingerprint density at radius 1 is 0.765 bits per heavy atom. The Bertz CT molecular complexity index is 668. The van der Waals surface area contributed by atoms with E-state index in [-0.39, 0.29) is 0 Å². The lowest BCUT2D eigenvalue weighted by atomic mass is 10.1. The molecular weight excluding hydrogens is 253 g/mol. The Labute approximate surface area is 109 Å². The molecule has 3 heteroatoms. The van der Waals surface area contributed by atoms with E-state index in [4.69, 9.17) is 23.2 Å². The van der Waals surface area contributed by atoms with E-state index in [1.807, 2.05) is 42.5 Å². The maximum absolute atomic E-state index is 5.96. The van der Waals surface area contributed by atoms with Crippen LogP contribution in [0.1, 0.15) is 0 Å². The molecule has 0 amide bonds. The van der Waals surface area contributed by atoms with Crippen LogP contribution in [-0.4, -0.2) is 4.98 Å². The molecular formula is C14H9Cl2N. The van der Waals surface area contributed by atoms with Gasteiger partial charge in [-0.3, -0.25) is 0 Å². The van der Waals surface area contributed by atoms with Gasteiger partial charge in [0.05, 0.1) is 0 Å². The van der Waals surface area contributed by atoms with Gasteiger partial charge < -0.3 is 4.98 Å².